The number of carbonyl (C=O) groups is 2. The highest BCUT2D eigenvalue weighted by Gasteiger charge is 2.28. The molecule has 1 fully saturated rings. The maximum Gasteiger partial charge on any atom is 0.253 e. The predicted molar refractivity (Wildman–Crippen MR) is 136 cm³/mol. The Morgan fingerprint density at radius 2 is 2.03 bits per heavy atom. The number of amides is 2. The second-order valence-electron chi connectivity index (χ2n) is 8.90. The molecule has 4 heterocycles. The lowest BCUT2D eigenvalue weighted by molar-refractivity contribution is 0.0710. The summed E-state index contributed by atoms with van der Waals surface area (Å²) < 4.78 is 3.02. The second kappa shape index (κ2) is 10.4. The number of likely N-dealkylation sites (tertiary alicyclic amines) is 1. The smallest absolute Gasteiger partial charge is 0.253 e. The van der Waals surface area contributed by atoms with Gasteiger partial charge in [0, 0.05) is 55.7 Å². The van der Waals surface area contributed by atoms with E-state index in [-0.39, 0.29) is 17.7 Å². The lowest BCUT2D eigenvalue weighted by Crippen LogP contribution is -2.38. The van der Waals surface area contributed by atoms with Gasteiger partial charge in [0.25, 0.3) is 11.8 Å². The van der Waals surface area contributed by atoms with E-state index in [1.807, 2.05) is 52.9 Å². The molecule has 1 saturated heterocycles. The van der Waals surface area contributed by atoms with Gasteiger partial charge in [0.2, 0.25) is 0 Å². The van der Waals surface area contributed by atoms with Gasteiger partial charge in [-0.05, 0) is 56.5 Å². The summed E-state index contributed by atoms with van der Waals surface area (Å²) in [5.74, 6) is 0.107. The molecule has 0 atom stereocenters. The Bertz CT molecular complexity index is 1320. The molecule has 2 amide bonds. The Balaban J connectivity index is 1.21. The van der Waals surface area contributed by atoms with E-state index in [9.17, 15) is 9.59 Å². The highest BCUT2D eigenvalue weighted by molar-refractivity contribution is 7.16. The molecule has 180 valence electrons. The fraction of sp³-hybridized carbons (Fsp3) is 0.346. The minimum Gasteiger partial charge on any atom is -0.352 e. The van der Waals surface area contributed by atoms with E-state index in [1.54, 1.807) is 29.4 Å². The lowest BCUT2D eigenvalue weighted by atomic mass is 9.89. The van der Waals surface area contributed by atoms with Crippen molar-refractivity contribution < 1.29 is 9.59 Å². The van der Waals surface area contributed by atoms with Crippen molar-refractivity contribution in [1.29, 1.82) is 0 Å². The topological polar surface area (TPSA) is 93.0 Å². The number of nitrogens with zero attached hydrogens (tertiary/aromatic N) is 5. The van der Waals surface area contributed by atoms with Crippen LogP contribution in [0.5, 0.6) is 0 Å². The molecule has 0 bridgehead atoms. The van der Waals surface area contributed by atoms with Gasteiger partial charge < -0.3 is 14.8 Å². The summed E-state index contributed by atoms with van der Waals surface area (Å²) in [6, 6.07) is 9.46. The Kier molecular flexibility index (Phi) is 6.85. The van der Waals surface area contributed by atoms with Gasteiger partial charge in [0.1, 0.15) is 0 Å². The number of carbonyl (C=O) groups excluding carboxylic acids is 2. The van der Waals surface area contributed by atoms with Crippen molar-refractivity contribution in [3.63, 3.8) is 0 Å². The predicted octanol–water partition coefficient (Wildman–Crippen LogP) is 4.04. The molecule has 1 aliphatic rings. The zero-order chi connectivity index (χ0) is 24.2. The average Bonchev–Trinajstić information content (AvgIpc) is 3.58. The van der Waals surface area contributed by atoms with Gasteiger partial charge >= 0.3 is 0 Å². The molecular weight excluding hydrogens is 460 g/mol. The standard InChI is InChI=1S/C26H28N6O2S/c1-18-3-5-21(25(33)28-9-2-11-31-14-10-27-16-31)24(30-18)19-7-12-32(13-8-19)26(34)20-4-6-22-23(15-20)35-17-29-22/h3-6,10,14-17,19H,2,7-9,11-13H2,1H3,(H,28,33). The van der Waals surface area contributed by atoms with E-state index in [0.717, 1.165) is 47.4 Å². The minimum absolute atomic E-state index is 0.0480. The summed E-state index contributed by atoms with van der Waals surface area (Å²) in [6.07, 6.45) is 7.83. The number of hydrogen-bond donors (Lipinski definition) is 1. The Morgan fingerprint density at radius 3 is 2.83 bits per heavy atom. The van der Waals surface area contributed by atoms with Gasteiger partial charge in [0.05, 0.1) is 33.3 Å². The molecule has 4 aromatic rings. The first-order valence-corrected chi connectivity index (χ1v) is 12.8. The van der Waals surface area contributed by atoms with Crippen molar-refractivity contribution in [2.75, 3.05) is 19.6 Å². The van der Waals surface area contributed by atoms with E-state index < -0.39 is 0 Å². The van der Waals surface area contributed by atoms with Crippen molar-refractivity contribution in [3.05, 3.63) is 77.1 Å². The van der Waals surface area contributed by atoms with Crippen molar-refractivity contribution in [2.24, 2.45) is 0 Å². The maximum absolute atomic E-state index is 13.1. The van der Waals surface area contributed by atoms with E-state index in [0.29, 0.717) is 30.8 Å². The van der Waals surface area contributed by atoms with Gasteiger partial charge in [0.15, 0.2) is 0 Å². The number of thiazole rings is 1. The molecule has 3 aromatic heterocycles. The number of aromatic nitrogens is 4. The fourth-order valence-electron chi connectivity index (χ4n) is 4.58. The van der Waals surface area contributed by atoms with Crippen LogP contribution in [0.3, 0.4) is 0 Å². The molecule has 5 rings (SSSR count). The first-order chi connectivity index (χ1) is 17.1. The molecule has 9 heteroatoms. The van der Waals surface area contributed by atoms with Crippen LogP contribution in [0.2, 0.25) is 0 Å². The number of pyridine rings is 1. The molecule has 1 N–H and O–H groups in total. The van der Waals surface area contributed by atoms with E-state index in [4.69, 9.17) is 4.98 Å². The quantitative estimate of drug-likeness (QED) is 0.397. The molecule has 1 aliphatic heterocycles. The molecule has 8 nitrogen and oxygen atoms in total. The summed E-state index contributed by atoms with van der Waals surface area (Å²) in [4.78, 5) is 41.1. The molecule has 0 aliphatic carbocycles. The first kappa shape index (κ1) is 23.2. The lowest BCUT2D eigenvalue weighted by Gasteiger charge is -2.32. The molecule has 0 unspecified atom stereocenters. The van der Waals surface area contributed by atoms with E-state index in [1.165, 1.54) is 0 Å². The first-order valence-electron chi connectivity index (χ1n) is 11.9. The Hall–Kier alpha value is -3.59. The number of imidazole rings is 1. The van der Waals surface area contributed by atoms with Gasteiger partial charge in [-0.2, -0.15) is 0 Å². The zero-order valence-corrected chi connectivity index (χ0v) is 20.5. The number of rotatable bonds is 7. The normalized spacial score (nSPS) is 14.4. The molecule has 0 spiro atoms. The fourth-order valence-corrected chi connectivity index (χ4v) is 5.30. The van der Waals surface area contributed by atoms with Crippen molar-refractivity contribution in [3.8, 4) is 0 Å². The van der Waals surface area contributed by atoms with Gasteiger partial charge in [-0.15, -0.1) is 11.3 Å². The van der Waals surface area contributed by atoms with Crippen LogP contribution in [0.25, 0.3) is 10.2 Å². The molecule has 0 radical (unpaired) electrons. The van der Waals surface area contributed by atoms with Crippen LogP contribution >= 0.6 is 11.3 Å². The number of benzene rings is 1. The summed E-state index contributed by atoms with van der Waals surface area (Å²) in [5, 5.41) is 3.04. The minimum atomic E-state index is -0.0884. The molecular formula is C26H28N6O2S. The SMILES string of the molecule is Cc1ccc(C(=O)NCCCn2ccnc2)c(C2CCN(C(=O)c3ccc4ncsc4c3)CC2)n1. The molecule has 35 heavy (non-hydrogen) atoms. The number of piperidine rings is 1. The van der Waals surface area contributed by atoms with Gasteiger partial charge in [-0.3, -0.25) is 14.6 Å². The molecule has 0 saturated carbocycles. The monoisotopic (exact) mass is 488 g/mol. The Labute approximate surface area is 208 Å². The van der Waals surface area contributed by atoms with Crippen molar-refractivity contribution in [1.82, 2.24) is 29.7 Å². The summed E-state index contributed by atoms with van der Waals surface area (Å²) in [5.41, 5.74) is 5.79. The summed E-state index contributed by atoms with van der Waals surface area (Å²) in [7, 11) is 0. The summed E-state index contributed by atoms with van der Waals surface area (Å²) >= 11 is 1.54. The number of fused-ring (bicyclic) bond motifs is 1. The second-order valence-corrected chi connectivity index (χ2v) is 9.78. The molecule has 1 aromatic carbocycles. The Morgan fingerprint density at radius 1 is 1.17 bits per heavy atom. The highest BCUT2D eigenvalue weighted by Crippen LogP contribution is 2.30. The maximum atomic E-state index is 13.1. The third kappa shape index (κ3) is 5.24. The third-order valence-corrected chi connectivity index (χ3v) is 7.29. The number of nitrogens with one attached hydrogen (secondary N) is 1. The number of hydrogen-bond acceptors (Lipinski definition) is 6. The van der Waals surface area contributed by atoms with Gasteiger partial charge in [-0.1, -0.05) is 0 Å². The van der Waals surface area contributed by atoms with E-state index in [2.05, 4.69) is 15.3 Å². The average molecular weight is 489 g/mol. The van der Waals surface area contributed by atoms with Crippen LogP contribution in [-0.2, 0) is 6.54 Å². The summed E-state index contributed by atoms with van der Waals surface area (Å²) in [6.45, 7) is 4.63. The van der Waals surface area contributed by atoms with Crippen LogP contribution in [0, 0.1) is 6.92 Å². The van der Waals surface area contributed by atoms with Gasteiger partial charge in [-0.25, -0.2) is 9.97 Å². The highest BCUT2D eigenvalue weighted by atomic mass is 32.1. The van der Waals surface area contributed by atoms with Crippen LogP contribution in [0.15, 0.2) is 54.6 Å². The van der Waals surface area contributed by atoms with Crippen LogP contribution in [0.1, 0.15) is 57.3 Å². The van der Waals surface area contributed by atoms with E-state index >= 15 is 0 Å². The van der Waals surface area contributed by atoms with Crippen LogP contribution < -0.4 is 5.32 Å². The van der Waals surface area contributed by atoms with Crippen molar-refractivity contribution >= 4 is 33.4 Å². The van der Waals surface area contributed by atoms with Crippen molar-refractivity contribution in [2.45, 2.75) is 38.6 Å². The van der Waals surface area contributed by atoms with Crippen LogP contribution in [-0.4, -0.2) is 55.9 Å². The largest absolute Gasteiger partial charge is 0.352 e. The number of aryl methyl sites for hydroxylation is 2. The zero-order valence-electron chi connectivity index (χ0n) is 19.7. The van der Waals surface area contributed by atoms with Crippen LogP contribution in [0.4, 0.5) is 0 Å². The third-order valence-electron chi connectivity index (χ3n) is 6.49.